The van der Waals surface area contributed by atoms with Crippen molar-refractivity contribution in [2.45, 2.75) is 5.16 Å². The lowest BCUT2D eigenvalue weighted by Gasteiger charge is -2.09. The zero-order chi connectivity index (χ0) is 18.5. The smallest absolute Gasteiger partial charge is 0.262 e. The quantitative estimate of drug-likeness (QED) is 0.369. The van der Waals surface area contributed by atoms with Crippen LogP contribution in [0.25, 0.3) is 10.2 Å². The molecular formula is C17H16ClN3O3S2. The molecule has 2 aromatic heterocycles. The van der Waals surface area contributed by atoms with E-state index in [1.165, 1.54) is 27.7 Å². The molecule has 0 bridgehead atoms. The summed E-state index contributed by atoms with van der Waals surface area (Å²) in [4.78, 5) is 29.3. The summed E-state index contributed by atoms with van der Waals surface area (Å²) >= 11 is 8.45. The van der Waals surface area contributed by atoms with Gasteiger partial charge in [0.2, 0.25) is 5.91 Å². The number of aromatic nitrogens is 2. The summed E-state index contributed by atoms with van der Waals surface area (Å²) in [5, 5.41) is 6.38. The van der Waals surface area contributed by atoms with Gasteiger partial charge in [0, 0.05) is 12.1 Å². The van der Waals surface area contributed by atoms with Gasteiger partial charge in [-0.05, 0) is 35.7 Å². The first kappa shape index (κ1) is 18.8. The van der Waals surface area contributed by atoms with Crippen LogP contribution in [0, 0.1) is 0 Å². The monoisotopic (exact) mass is 409 g/mol. The molecule has 1 amide bonds. The van der Waals surface area contributed by atoms with Crippen LogP contribution >= 0.6 is 34.7 Å². The molecule has 9 heteroatoms. The third-order valence-electron chi connectivity index (χ3n) is 3.50. The lowest BCUT2D eigenvalue weighted by atomic mass is 10.3. The van der Waals surface area contributed by atoms with Crippen molar-refractivity contribution in [3.63, 3.8) is 0 Å². The van der Waals surface area contributed by atoms with E-state index in [1.807, 2.05) is 5.38 Å². The number of fused-ring (bicyclic) bond motifs is 1. The third-order valence-corrected chi connectivity index (χ3v) is 5.59. The number of amides is 1. The van der Waals surface area contributed by atoms with Crippen molar-refractivity contribution in [1.29, 1.82) is 0 Å². The summed E-state index contributed by atoms with van der Waals surface area (Å²) in [7, 11) is 1.66. The van der Waals surface area contributed by atoms with E-state index in [4.69, 9.17) is 16.3 Å². The number of halogens is 1. The van der Waals surface area contributed by atoms with E-state index >= 15 is 0 Å². The molecule has 136 valence electrons. The average molecular weight is 410 g/mol. The molecular weight excluding hydrogens is 394 g/mol. The summed E-state index contributed by atoms with van der Waals surface area (Å²) in [5.41, 5.74) is -0.101. The molecule has 26 heavy (non-hydrogen) atoms. The molecule has 3 rings (SSSR count). The van der Waals surface area contributed by atoms with Crippen LogP contribution in [0.15, 0.2) is 45.7 Å². The van der Waals surface area contributed by atoms with Crippen LogP contribution < -0.4 is 15.6 Å². The van der Waals surface area contributed by atoms with Gasteiger partial charge in [0.15, 0.2) is 5.16 Å². The topological polar surface area (TPSA) is 73.2 Å². The van der Waals surface area contributed by atoms with Gasteiger partial charge in [-0.25, -0.2) is 4.98 Å². The van der Waals surface area contributed by atoms with Crippen molar-refractivity contribution in [2.75, 3.05) is 18.9 Å². The Bertz CT molecular complexity index is 970. The number of nitrogens with zero attached hydrogens (tertiary/aromatic N) is 2. The largest absolute Gasteiger partial charge is 0.492 e. The SMILES string of the molecule is Cn1c(SCC(=O)NCCOc2ccc(Cl)cc2)nc2sccc2c1=O. The summed E-state index contributed by atoms with van der Waals surface area (Å²) in [6, 6.07) is 8.79. The molecule has 6 nitrogen and oxygen atoms in total. The minimum Gasteiger partial charge on any atom is -0.492 e. The Kier molecular flexibility index (Phi) is 6.18. The van der Waals surface area contributed by atoms with Gasteiger partial charge in [-0.2, -0.15) is 0 Å². The number of hydrogen-bond acceptors (Lipinski definition) is 6. The highest BCUT2D eigenvalue weighted by atomic mass is 35.5. The molecule has 0 fully saturated rings. The first-order chi connectivity index (χ1) is 12.5. The minimum atomic E-state index is -0.143. The number of carbonyl (C=O) groups is 1. The van der Waals surface area contributed by atoms with E-state index < -0.39 is 0 Å². The molecule has 0 radical (unpaired) electrons. The average Bonchev–Trinajstić information content (AvgIpc) is 3.11. The third kappa shape index (κ3) is 4.57. The zero-order valence-electron chi connectivity index (χ0n) is 13.9. The number of thioether (sulfide) groups is 1. The van der Waals surface area contributed by atoms with Gasteiger partial charge < -0.3 is 10.1 Å². The van der Waals surface area contributed by atoms with Crippen molar-refractivity contribution in [1.82, 2.24) is 14.9 Å². The van der Waals surface area contributed by atoms with E-state index in [-0.39, 0.29) is 17.2 Å². The predicted octanol–water partition coefficient (Wildman–Crippen LogP) is 2.94. The van der Waals surface area contributed by atoms with Crippen LogP contribution in [0.2, 0.25) is 5.02 Å². The molecule has 1 N–H and O–H groups in total. The van der Waals surface area contributed by atoms with Gasteiger partial charge in [0.25, 0.3) is 5.56 Å². The van der Waals surface area contributed by atoms with Crippen LogP contribution in [0.3, 0.4) is 0 Å². The molecule has 0 saturated carbocycles. The van der Waals surface area contributed by atoms with Gasteiger partial charge in [-0.3, -0.25) is 14.2 Å². The Hall–Kier alpha value is -2.03. The standard InChI is InChI=1S/C17H16ClN3O3S2/c1-21-16(23)13-6-9-25-15(13)20-17(21)26-10-14(22)19-7-8-24-12-4-2-11(18)3-5-12/h2-6,9H,7-8,10H2,1H3,(H,19,22). The van der Waals surface area contributed by atoms with Crippen LogP contribution in [0.5, 0.6) is 5.75 Å². The van der Waals surface area contributed by atoms with Gasteiger partial charge in [-0.1, -0.05) is 23.4 Å². The zero-order valence-corrected chi connectivity index (χ0v) is 16.3. The highest BCUT2D eigenvalue weighted by Crippen LogP contribution is 2.20. The summed E-state index contributed by atoms with van der Waals surface area (Å²) < 4.78 is 6.98. The molecule has 0 aliphatic rings. The predicted molar refractivity (Wildman–Crippen MR) is 106 cm³/mol. The van der Waals surface area contributed by atoms with Gasteiger partial charge >= 0.3 is 0 Å². The van der Waals surface area contributed by atoms with Gasteiger partial charge in [0.1, 0.15) is 17.2 Å². The fourth-order valence-electron chi connectivity index (χ4n) is 2.18. The highest BCUT2D eigenvalue weighted by Gasteiger charge is 2.11. The number of ether oxygens (including phenoxy) is 1. The van der Waals surface area contributed by atoms with Crippen LogP contribution in [-0.4, -0.2) is 34.4 Å². The van der Waals surface area contributed by atoms with Crippen LogP contribution in [0.1, 0.15) is 0 Å². The van der Waals surface area contributed by atoms with Gasteiger partial charge in [-0.15, -0.1) is 11.3 Å². The fraction of sp³-hybridized carbons (Fsp3) is 0.235. The van der Waals surface area contributed by atoms with E-state index in [9.17, 15) is 9.59 Å². The van der Waals surface area contributed by atoms with Crippen molar-refractivity contribution < 1.29 is 9.53 Å². The first-order valence-electron chi connectivity index (χ1n) is 7.76. The maximum atomic E-state index is 12.2. The fourth-order valence-corrected chi connectivity index (χ4v) is 3.91. The lowest BCUT2D eigenvalue weighted by molar-refractivity contribution is -0.118. The maximum absolute atomic E-state index is 12.2. The molecule has 0 aliphatic heterocycles. The van der Waals surface area contributed by atoms with Crippen molar-refractivity contribution >= 4 is 50.8 Å². The Morgan fingerprint density at radius 2 is 2.12 bits per heavy atom. The summed E-state index contributed by atoms with van der Waals surface area (Å²) in [6.45, 7) is 0.744. The molecule has 0 saturated heterocycles. The lowest BCUT2D eigenvalue weighted by Crippen LogP contribution is -2.30. The van der Waals surface area contributed by atoms with Crippen LogP contribution in [0.4, 0.5) is 0 Å². The van der Waals surface area contributed by atoms with Crippen LogP contribution in [-0.2, 0) is 11.8 Å². The molecule has 0 unspecified atom stereocenters. The van der Waals surface area contributed by atoms with Crippen molar-refractivity contribution in [3.8, 4) is 5.75 Å². The first-order valence-corrected chi connectivity index (χ1v) is 10.0. The second-order valence-corrected chi connectivity index (χ2v) is 7.61. The summed E-state index contributed by atoms with van der Waals surface area (Å²) in [5.74, 6) is 0.731. The second-order valence-electron chi connectivity index (χ2n) is 5.34. The molecule has 0 atom stereocenters. The molecule has 2 heterocycles. The Morgan fingerprint density at radius 3 is 2.88 bits per heavy atom. The van der Waals surface area contributed by atoms with Crippen molar-refractivity contribution in [2.24, 2.45) is 7.05 Å². The summed E-state index contributed by atoms with van der Waals surface area (Å²) in [6.07, 6.45) is 0. The minimum absolute atomic E-state index is 0.101. The Morgan fingerprint density at radius 1 is 1.35 bits per heavy atom. The second kappa shape index (κ2) is 8.57. The number of benzene rings is 1. The molecule has 1 aromatic carbocycles. The molecule has 3 aromatic rings. The Balaban J connectivity index is 1.46. The van der Waals surface area contributed by atoms with E-state index in [0.717, 1.165) is 0 Å². The van der Waals surface area contributed by atoms with E-state index in [2.05, 4.69) is 10.3 Å². The number of hydrogen-bond donors (Lipinski definition) is 1. The Labute approximate surface area is 163 Å². The van der Waals surface area contributed by atoms with Gasteiger partial charge in [0.05, 0.1) is 17.7 Å². The number of rotatable bonds is 7. The molecule has 0 spiro atoms. The number of nitrogens with one attached hydrogen (secondary N) is 1. The number of carbonyl (C=O) groups excluding carboxylic acids is 1. The van der Waals surface area contributed by atoms with E-state index in [0.29, 0.717) is 39.3 Å². The maximum Gasteiger partial charge on any atom is 0.262 e. The normalized spacial score (nSPS) is 10.8. The molecule has 0 aliphatic carbocycles. The number of thiophene rings is 1. The highest BCUT2D eigenvalue weighted by molar-refractivity contribution is 7.99. The van der Waals surface area contributed by atoms with Crippen molar-refractivity contribution in [3.05, 3.63) is 51.1 Å². The van der Waals surface area contributed by atoms with E-state index in [1.54, 1.807) is 37.4 Å².